The third-order valence-corrected chi connectivity index (χ3v) is 7.93. The number of nitrogens with zero attached hydrogens (tertiary/aromatic N) is 3. The second-order valence-corrected chi connectivity index (χ2v) is 10.2. The second kappa shape index (κ2) is 8.03. The molecular weight excluding hydrogens is 463 g/mol. The molecule has 0 bridgehead atoms. The van der Waals surface area contributed by atoms with Crippen LogP contribution in [0.3, 0.4) is 0 Å². The SMILES string of the molecule is Cc1nccn1-c1ccc(S(=O)(=O)[C@H]2CN[C@@H](OC(=O)NC3(C#N)CC3)C2)c(C(F)(F)F)c1. The van der Waals surface area contributed by atoms with Crippen LogP contribution in [0, 0.1) is 18.3 Å². The zero-order valence-electron chi connectivity index (χ0n) is 17.4. The van der Waals surface area contributed by atoms with Crippen molar-refractivity contribution in [2.45, 2.75) is 54.3 Å². The normalized spacial score (nSPS) is 21.9. The molecule has 2 fully saturated rings. The number of imidazole rings is 1. The van der Waals surface area contributed by atoms with E-state index in [1.54, 1.807) is 6.92 Å². The number of ether oxygens (including phenoxy) is 1. The molecule has 0 spiro atoms. The Morgan fingerprint density at radius 1 is 1.39 bits per heavy atom. The first-order valence-corrected chi connectivity index (χ1v) is 11.6. The number of alkyl carbamates (subject to hydrolysis) is 1. The van der Waals surface area contributed by atoms with Crippen LogP contribution in [0.2, 0.25) is 0 Å². The van der Waals surface area contributed by atoms with Crippen LogP contribution in [0.15, 0.2) is 35.5 Å². The summed E-state index contributed by atoms with van der Waals surface area (Å²) in [4.78, 5) is 15.1. The van der Waals surface area contributed by atoms with Crippen molar-refractivity contribution in [2.24, 2.45) is 0 Å². The monoisotopic (exact) mass is 483 g/mol. The number of hydrogen-bond acceptors (Lipinski definition) is 7. The third-order valence-electron chi connectivity index (χ3n) is 5.72. The number of sulfone groups is 1. The molecule has 13 heteroatoms. The molecule has 0 radical (unpaired) electrons. The molecule has 176 valence electrons. The number of halogens is 3. The molecule has 2 atom stereocenters. The van der Waals surface area contributed by atoms with Crippen molar-refractivity contribution >= 4 is 15.9 Å². The van der Waals surface area contributed by atoms with Gasteiger partial charge in [0, 0.05) is 31.0 Å². The van der Waals surface area contributed by atoms with Gasteiger partial charge in [-0.1, -0.05) is 0 Å². The summed E-state index contributed by atoms with van der Waals surface area (Å²) in [5.41, 5.74) is -2.11. The molecule has 9 nitrogen and oxygen atoms in total. The van der Waals surface area contributed by atoms with Gasteiger partial charge < -0.3 is 14.6 Å². The van der Waals surface area contributed by atoms with Crippen LogP contribution in [0.5, 0.6) is 0 Å². The maximum atomic E-state index is 13.8. The van der Waals surface area contributed by atoms with Crippen LogP contribution in [-0.4, -0.2) is 47.6 Å². The average Bonchev–Trinajstić information content (AvgIpc) is 3.13. The Labute approximate surface area is 187 Å². The zero-order chi connectivity index (χ0) is 24.0. The van der Waals surface area contributed by atoms with Crippen molar-refractivity contribution in [3.05, 3.63) is 42.0 Å². The highest BCUT2D eigenvalue weighted by atomic mass is 32.2. The van der Waals surface area contributed by atoms with Crippen molar-refractivity contribution in [2.75, 3.05) is 6.54 Å². The number of carbonyl (C=O) groups is 1. The summed E-state index contributed by atoms with van der Waals surface area (Å²) >= 11 is 0. The number of aryl methyl sites for hydroxylation is 1. The number of benzene rings is 1. The quantitative estimate of drug-likeness (QED) is 0.669. The maximum absolute atomic E-state index is 13.8. The Hall–Kier alpha value is -3.11. The summed E-state index contributed by atoms with van der Waals surface area (Å²) in [6.45, 7) is 1.42. The van der Waals surface area contributed by atoms with E-state index in [0.717, 1.165) is 12.1 Å². The predicted molar refractivity (Wildman–Crippen MR) is 108 cm³/mol. The highest BCUT2D eigenvalue weighted by molar-refractivity contribution is 7.92. The number of hydrogen-bond donors (Lipinski definition) is 2. The van der Waals surface area contributed by atoms with E-state index in [1.165, 1.54) is 23.0 Å². The Balaban J connectivity index is 1.55. The zero-order valence-corrected chi connectivity index (χ0v) is 18.2. The molecule has 1 aromatic carbocycles. The number of rotatable bonds is 5. The summed E-state index contributed by atoms with van der Waals surface area (Å²) in [5.74, 6) is 0.446. The smallest absolute Gasteiger partial charge is 0.417 e. The molecule has 4 rings (SSSR count). The van der Waals surface area contributed by atoms with E-state index in [1.807, 2.05) is 6.07 Å². The van der Waals surface area contributed by atoms with Gasteiger partial charge >= 0.3 is 12.3 Å². The number of aromatic nitrogens is 2. The third kappa shape index (κ3) is 4.53. The lowest BCUT2D eigenvalue weighted by molar-refractivity contribution is -0.139. The minimum absolute atomic E-state index is 0.130. The van der Waals surface area contributed by atoms with E-state index in [2.05, 4.69) is 15.6 Å². The van der Waals surface area contributed by atoms with E-state index >= 15 is 0 Å². The molecule has 2 N–H and O–H groups in total. The topological polar surface area (TPSA) is 126 Å². The van der Waals surface area contributed by atoms with Crippen LogP contribution in [-0.2, 0) is 20.8 Å². The van der Waals surface area contributed by atoms with E-state index in [9.17, 15) is 26.4 Å². The van der Waals surface area contributed by atoms with Crippen molar-refractivity contribution in [3.8, 4) is 11.8 Å². The first kappa shape index (κ1) is 23.1. The lowest BCUT2D eigenvalue weighted by Crippen LogP contribution is -2.40. The largest absolute Gasteiger partial charge is 0.430 e. The van der Waals surface area contributed by atoms with Gasteiger partial charge in [0.15, 0.2) is 16.1 Å². The fraction of sp³-hybridized carbons (Fsp3) is 0.450. The molecule has 1 aromatic heterocycles. The molecule has 2 aromatic rings. The highest BCUT2D eigenvalue weighted by Crippen LogP contribution is 2.38. The second-order valence-electron chi connectivity index (χ2n) is 8.05. The van der Waals surface area contributed by atoms with Crippen LogP contribution >= 0.6 is 0 Å². The van der Waals surface area contributed by atoms with Gasteiger partial charge in [-0.3, -0.25) is 5.32 Å². The number of nitriles is 1. The van der Waals surface area contributed by atoms with Crippen molar-refractivity contribution in [3.63, 3.8) is 0 Å². The number of amides is 1. The summed E-state index contributed by atoms with van der Waals surface area (Å²) in [7, 11) is -4.42. The van der Waals surface area contributed by atoms with E-state index < -0.39 is 49.6 Å². The van der Waals surface area contributed by atoms with Gasteiger partial charge in [-0.15, -0.1) is 0 Å². The summed E-state index contributed by atoms with van der Waals surface area (Å²) in [5, 5.41) is 12.9. The van der Waals surface area contributed by atoms with Gasteiger partial charge in [0.1, 0.15) is 11.4 Å². The molecule has 1 aliphatic heterocycles. The van der Waals surface area contributed by atoms with E-state index in [0.29, 0.717) is 18.7 Å². The lowest BCUT2D eigenvalue weighted by Gasteiger charge is -2.18. The molecular formula is C20H20F3N5O4S. The standard InChI is InChI=1S/C20H20F3N5O4S/c1-12-25-6-7-28(12)13-2-3-16(15(8-13)20(21,22)23)33(30,31)14-9-17(26-10-14)32-18(29)27-19(11-24)4-5-19/h2-3,6-8,14,17,26H,4-5,9-10H2,1H3,(H,27,29)/t14-,17+/m1/s1. The summed E-state index contributed by atoms with van der Waals surface area (Å²) in [6, 6.07) is 4.97. The van der Waals surface area contributed by atoms with Crippen LogP contribution in [0.1, 0.15) is 30.7 Å². The lowest BCUT2D eigenvalue weighted by atomic mass is 10.2. The van der Waals surface area contributed by atoms with Crippen molar-refractivity contribution in [1.82, 2.24) is 20.2 Å². The molecule has 33 heavy (non-hydrogen) atoms. The minimum Gasteiger partial charge on any atom is -0.430 e. The van der Waals surface area contributed by atoms with Gasteiger partial charge in [0.2, 0.25) is 0 Å². The Morgan fingerprint density at radius 3 is 2.70 bits per heavy atom. The number of alkyl halides is 3. The van der Waals surface area contributed by atoms with Gasteiger partial charge in [-0.05, 0) is 38.0 Å². The van der Waals surface area contributed by atoms with Gasteiger partial charge in [-0.25, -0.2) is 18.2 Å². The molecule has 2 aliphatic rings. The molecule has 0 unspecified atom stereocenters. The summed E-state index contributed by atoms with van der Waals surface area (Å²) < 4.78 is 74.3. The first-order valence-electron chi connectivity index (χ1n) is 10.0. The Bertz CT molecular complexity index is 1230. The van der Waals surface area contributed by atoms with E-state index in [-0.39, 0.29) is 18.7 Å². The number of carbonyl (C=O) groups excluding carboxylic acids is 1. The van der Waals surface area contributed by atoms with Crippen LogP contribution in [0.4, 0.5) is 18.0 Å². The summed E-state index contributed by atoms with van der Waals surface area (Å²) in [6.07, 6.45) is -3.16. The first-order chi connectivity index (χ1) is 15.4. The molecule has 1 saturated carbocycles. The predicted octanol–water partition coefficient (Wildman–Crippen LogP) is 2.44. The number of nitrogens with one attached hydrogen (secondary N) is 2. The van der Waals surface area contributed by atoms with Crippen molar-refractivity contribution in [1.29, 1.82) is 5.26 Å². The average molecular weight is 483 g/mol. The van der Waals surface area contributed by atoms with Gasteiger partial charge in [0.25, 0.3) is 0 Å². The fourth-order valence-corrected chi connectivity index (χ4v) is 5.55. The molecule has 1 saturated heterocycles. The fourth-order valence-electron chi connectivity index (χ4n) is 3.71. The molecule has 1 aliphatic carbocycles. The van der Waals surface area contributed by atoms with Gasteiger partial charge in [0.05, 0.1) is 21.8 Å². The van der Waals surface area contributed by atoms with Crippen LogP contribution in [0.25, 0.3) is 5.69 Å². The molecule has 1 amide bonds. The Morgan fingerprint density at radius 2 is 2.12 bits per heavy atom. The minimum atomic E-state index is -4.91. The Kier molecular flexibility index (Phi) is 5.61. The maximum Gasteiger partial charge on any atom is 0.417 e. The highest BCUT2D eigenvalue weighted by Gasteiger charge is 2.46. The van der Waals surface area contributed by atoms with Crippen molar-refractivity contribution < 1.29 is 31.1 Å². The molecule has 2 heterocycles. The van der Waals surface area contributed by atoms with Gasteiger partial charge in [-0.2, -0.15) is 18.4 Å². The van der Waals surface area contributed by atoms with Crippen LogP contribution < -0.4 is 10.6 Å². The van der Waals surface area contributed by atoms with E-state index in [4.69, 9.17) is 10.00 Å².